The van der Waals surface area contributed by atoms with Gasteiger partial charge in [-0.1, -0.05) is 0 Å². The highest BCUT2D eigenvalue weighted by atomic mass is 19.3. The molecule has 0 spiro atoms. The number of nitrogens with one attached hydrogen (secondary N) is 1. The third-order valence-electron chi connectivity index (χ3n) is 5.79. The van der Waals surface area contributed by atoms with Crippen LogP contribution in [0.5, 0.6) is 11.6 Å². The molecule has 1 saturated heterocycles. The van der Waals surface area contributed by atoms with Crippen molar-refractivity contribution in [2.75, 3.05) is 18.4 Å². The second kappa shape index (κ2) is 9.90. The number of likely N-dealkylation sites (tertiary alicyclic amines) is 1. The Hall–Kier alpha value is -3.67. The molecule has 3 aromatic rings. The normalized spacial score (nSPS) is 18.6. The van der Waals surface area contributed by atoms with Gasteiger partial charge < -0.3 is 10.1 Å². The van der Waals surface area contributed by atoms with Crippen LogP contribution in [0.2, 0.25) is 0 Å². The van der Waals surface area contributed by atoms with Crippen LogP contribution in [0.1, 0.15) is 24.8 Å². The Balaban J connectivity index is 1.39. The maximum absolute atomic E-state index is 14.6. The van der Waals surface area contributed by atoms with E-state index in [0.717, 1.165) is 18.5 Å². The van der Waals surface area contributed by atoms with E-state index in [0.29, 0.717) is 11.6 Å². The number of anilines is 1. The second-order valence-corrected chi connectivity index (χ2v) is 8.02. The monoisotopic (exact) mass is 493 g/mol. The van der Waals surface area contributed by atoms with Crippen LogP contribution in [0, 0.1) is 17.5 Å². The average molecular weight is 493 g/mol. The summed E-state index contributed by atoms with van der Waals surface area (Å²) in [5.74, 6) is -9.83. The van der Waals surface area contributed by atoms with Crippen molar-refractivity contribution in [2.45, 2.75) is 31.2 Å². The minimum Gasteiger partial charge on any atom is -0.434 e. The Morgan fingerprint density at radius 2 is 1.86 bits per heavy atom. The molecule has 12 heteroatoms. The first-order valence-corrected chi connectivity index (χ1v) is 10.6. The first-order chi connectivity index (χ1) is 16.7. The van der Waals surface area contributed by atoms with E-state index < -0.39 is 53.4 Å². The van der Waals surface area contributed by atoms with Gasteiger partial charge in [-0.05, 0) is 36.8 Å². The number of piperidine rings is 1. The number of carbonyl (C=O) groups is 1. The van der Waals surface area contributed by atoms with Crippen molar-refractivity contribution in [2.24, 2.45) is 0 Å². The molecule has 0 saturated carbocycles. The Kier molecular flexibility index (Phi) is 6.92. The van der Waals surface area contributed by atoms with Crippen molar-refractivity contribution in [1.82, 2.24) is 19.9 Å². The van der Waals surface area contributed by atoms with Crippen molar-refractivity contribution in [1.29, 1.82) is 0 Å². The van der Waals surface area contributed by atoms with E-state index in [2.05, 4.69) is 20.3 Å². The van der Waals surface area contributed by atoms with E-state index in [1.54, 1.807) is 11.8 Å². The summed E-state index contributed by atoms with van der Waals surface area (Å²) < 4.78 is 74.3. The van der Waals surface area contributed by atoms with Gasteiger partial charge in [0.15, 0.2) is 23.2 Å². The van der Waals surface area contributed by atoms with Crippen molar-refractivity contribution in [3.8, 4) is 11.6 Å². The number of hydrogen-bond donors (Lipinski definition) is 1. The van der Waals surface area contributed by atoms with Gasteiger partial charge in [-0.25, -0.2) is 27.5 Å². The van der Waals surface area contributed by atoms with Crippen LogP contribution < -0.4 is 10.1 Å². The fourth-order valence-corrected chi connectivity index (χ4v) is 3.75. The minimum atomic E-state index is -2.91. The lowest BCUT2D eigenvalue weighted by molar-refractivity contribution is -0.125. The number of amides is 1. The number of halogens is 5. The molecular weight excluding hydrogens is 473 g/mol. The minimum absolute atomic E-state index is 0.0240. The molecule has 35 heavy (non-hydrogen) atoms. The van der Waals surface area contributed by atoms with E-state index >= 15 is 0 Å². The fourth-order valence-electron chi connectivity index (χ4n) is 3.75. The molecule has 7 nitrogen and oxygen atoms in total. The zero-order valence-corrected chi connectivity index (χ0v) is 18.4. The van der Waals surface area contributed by atoms with Gasteiger partial charge in [0, 0.05) is 31.9 Å². The van der Waals surface area contributed by atoms with E-state index in [4.69, 9.17) is 4.74 Å². The number of ether oxygens (including phenoxy) is 1. The van der Waals surface area contributed by atoms with Gasteiger partial charge in [0.05, 0.1) is 24.4 Å². The summed E-state index contributed by atoms with van der Waals surface area (Å²) in [5.41, 5.74) is 0.446. The molecule has 0 aliphatic carbocycles. The summed E-state index contributed by atoms with van der Waals surface area (Å²) in [7, 11) is 0. The average Bonchev–Trinajstić information content (AvgIpc) is 2.85. The SMILES string of the molecule is C[C@@H](C(=O)Nc1cnc(Oc2ccc(F)c(F)c2F)cn1)N1CCC(F)(F)[C@@H](c2ccncc2)C1. The Labute approximate surface area is 197 Å². The van der Waals surface area contributed by atoms with E-state index in [1.807, 2.05) is 0 Å². The van der Waals surface area contributed by atoms with Crippen LogP contribution >= 0.6 is 0 Å². The zero-order valence-electron chi connectivity index (χ0n) is 18.4. The number of pyridine rings is 1. The molecule has 184 valence electrons. The first-order valence-electron chi connectivity index (χ1n) is 10.6. The largest absolute Gasteiger partial charge is 0.434 e. The van der Waals surface area contributed by atoms with Crippen LogP contribution in [0.3, 0.4) is 0 Å². The molecule has 3 heterocycles. The van der Waals surface area contributed by atoms with Crippen LogP contribution in [0.15, 0.2) is 49.1 Å². The standard InChI is InChI=1S/C23H20F5N5O2/c1-13(33-9-6-23(27,28)15(12-33)14-4-7-29-8-5-14)22(34)32-18-10-31-19(11-30-18)35-17-3-2-16(24)20(25)21(17)26/h2-5,7-8,10-11,13,15H,6,9,12H2,1H3,(H,30,32,34)/t13-,15+/m0/s1. The predicted octanol–water partition coefficient (Wildman–Crippen LogP) is 4.53. The van der Waals surface area contributed by atoms with E-state index in [-0.39, 0.29) is 24.8 Å². The smallest absolute Gasteiger partial charge is 0.257 e. The highest BCUT2D eigenvalue weighted by Gasteiger charge is 2.46. The van der Waals surface area contributed by atoms with Crippen molar-refractivity contribution in [3.63, 3.8) is 0 Å². The topological polar surface area (TPSA) is 80.2 Å². The van der Waals surface area contributed by atoms with Gasteiger partial charge in [0.1, 0.15) is 0 Å². The van der Waals surface area contributed by atoms with E-state index in [1.165, 1.54) is 24.5 Å². The van der Waals surface area contributed by atoms with Gasteiger partial charge in [0.25, 0.3) is 5.92 Å². The number of benzene rings is 1. The molecule has 0 radical (unpaired) electrons. The molecule has 1 fully saturated rings. The van der Waals surface area contributed by atoms with E-state index in [9.17, 15) is 26.7 Å². The predicted molar refractivity (Wildman–Crippen MR) is 115 cm³/mol. The molecule has 1 amide bonds. The fraction of sp³-hybridized carbons (Fsp3) is 0.304. The summed E-state index contributed by atoms with van der Waals surface area (Å²) >= 11 is 0. The van der Waals surface area contributed by atoms with Gasteiger partial charge in [0.2, 0.25) is 17.6 Å². The molecule has 2 atom stereocenters. The molecule has 1 aliphatic heterocycles. The molecule has 4 rings (SSSR count). The van der Waals surface area contributed by atoms with Crippen molar-refractivity contribution < 1.29 is 31.5 Å². The quantitative estimate of drug-likeness (QED) is 0.402. The molecule has 0 bridgehead atoms. The maximum atomic E-state index is 14.6. The van der Waals surface area contributed by atoms with Gasteiger partial charge in [-0.2, -0.15) is 4.39 Å². The lowest BCUT2D eigenvalue weighted by Crippen LogP contribution is -2.52. The number of alkyl halides is 2. The first kappa shape index (κ1) is 24.5. The molecular formula is C23H20F5N5O2. The number of aromatic nitrogens is 3. The third-order valence-corrected chi connectivity index (χ3v) is 5.79. The highest BCUT2D eigenvalue weighted by molar-refractivity contribution is 5.93. The van der Waals surface area contributed by atoms with Crippen LogP contribution in [-0.2, 0) is 4.79 Å². The van der Waals surface area contributed by atoms with Gasteiger partial charge in [-0.15, -0.1) is 0 Å². The lowest BCUT2D eigenvalue weighted by atomic mass is 9.87. The Bertz CT molecular complexity index is 1200. The summed E-state index contributed by atoms with van der Waals surface area (Å²) in [6.07, 6.45) is 4.69. The molecule has 1 aliphatic rings. The van der Waals surface area contributed by atoms with Crippen molar-refractivity contribution >= 4 is 11.7 Å². The lowest BCUT2D eigenvalue weighted by Gasteiger charge is -2.40. The number of hydrogen-bond acceptors (Lipinski definition) is 6. The van der Waals surface area contributed by atoms with Gasteiger partial charge >= 0.3 is 0 Å². The van der Waals surface area contributed by atoms with Gasteiger partial charge in [-0.3, -0.25) is 14.7 Å². The Morgan fingerprint density at radius 3 is 2.54 bits per heavy atom. The van der Waals surface area contributed by atoms with Crippen LogP contribution in [0.25, 0.3) is 0 Å². The number of carbonyl (C=O) groups excluding carboxylic acids is 1. The van der Waals surface area contributed by atoms with Crippen LogP contribution in [0.4, 0.5) is 27.8 Å². The van der Waals surface area contributed by atoms with Crippen LogP contribution in [-0.4, -0.2) is 50.8 Å². The zero-order chi connectivity index (χ0) is 25.2. The Morgan fingerprint density at radius 1 is 1.11 bits per heavy atom. The number of nitrogens with zero attached hydrogens (tertiary/aromatic N) is 4. The molecule has 1 N–H and O–H groups in total. The summed E-state index contributed by atoms with van der Waals surface area (Å²) in [4.78, 5) is 26.1. The maximum Gasteiger partial charge on any atom is 0.257 e. The number of rotatable bonds is 6. The molecule has 2 aromatic heterocycles. The summed E-state index contributed by atoms with van der Waals surface area (Å²) in [5, 5.41) is 2.54. The molecule has 1 aromatic carbocycles. The second-order valence-electron chi connectivity index (χ2n) is 8.02. The summed E-state index contributed by atoms with van der Waals surface area (Å²) in [6, 6.07) is 3.93. The highest BCUT2D eigenvalue weighted by Crippen LogP contribution is 2.40. The molecule has 0 unspecified atom stereocenters. The summed E-state index contributed by atoms with van der Waals surface area (Å²) in [6.45, 7) is 1.60. The third kappa shape index (κ3) is 5.37. The van der Waals surface area contributed by atoms with Crippen molar-refractivity contribution in [3.05, 3.63) is 72.1 Å².